The molecule has 0 saturated heterocycles. The summed E-state index contributed by atoms with van der Waals surface area (Å²) < 4.78 is 3.64. The van der Waals surface area contributed by atoms with Gasteiger partial charge in [0.15, 0.2) is 0 Å². The molecule has 0 N–H and O–H groups in total. The summed E-state index contributed by atoms with van der Waals surface area (Å²) in [4.78, 5) is 6.12. The molecule has 0 aliphatic rings. The molecular weight excluding hydrogens is 585 g/mol. The van der Waals surface area contributed by atoms with Gasteiger partial charge in [-0.25, -0.2) is 4.98 Å². The van der Waals surface area contributed by atoms with Crippen molar-refractivity contribution in [1.29, 1.82) is 0 Å². The number of benzene rings is 7. The Balaban J connectivity index is 1.15. The van der Waals surface area contributed by atoms with Gasteiger partial charge in [0, 0.05) is 10.8 Å². The molecule has 7 aromatic carbocycles. The van der Waals surface area contributed by atoms with Crippen LogP contribution in [0.25, 0.3) is 90.4 Å². The SMILES string of the molecule is c1ccc2sc(-c3ccc(-n4c5ccccc5c5cc(-c6ccc7c8ccccc8c8ccccc8c7c6)ccc54)s3)nc2c1. The predicted octanol–water partition coefficient (Wildman–Crippen LogP) is 12.2. The third kappa shape index (κ3) is 3.77. The van der Waals surface area contributed by atoms with Crippen molar-refractivity contribution in [3.63, 3.8) is 0 Å². The number of thiophene rings is 1. The van der Waals surface area contributed by atoms with E-state index in [0.717, 1.165) is 10.5 Å². The van der Waals surface area contributed by atoms with Crippen LogP contribution in [0.15, 0.2) is 146 Å². The topological polar surface area (TPSA) is 17.8 Å². The molecule has 10 aromatic rings. The van der Waals surface area contributed by atoms with Crippen molar-refractivity contribution in [2.45, 2.75) is 0 Å². The smallest absolute Gasteiger partial charge is 0.134 e. The fourth-order valence-corrected chi connectivity index (χ4v) is 9.07. The van der Waals surface area contributed by atoms with Crippen LogP contribution in [0.2, 0.25) is 0 Å². The summed E-state index contributed by atoms with van der Waals surface area (Å²) in [7, 11) is 0. The van der Waals surface area contributed by atoms with Gasteiger partial charge in [-0.2, -0.15) is 0 Å². The zero-order valence-electron chi connectivity index (χ0n) is 24.1. The lowest BCUT2D eigenvalue weighted by atomic mass is 9.92. The number of aromatic nitrogens is 2. The lowest BCUT2D eigenvalue weighted by Gasteiger charge is -2.12. The van der Waals surface area contributed by atoms with E-state index in [4.69, 9.17) is 4.98 Å². The minimum Gasteiger partial charge on any atom is -0.301 e. The summed E-state index contributed by atoms with van der Waals surface area (Å²) in [5, 5.41) is 12.6. The molecule has 0 fully saturated rings. The highest BCUT2D eigenvalue weighted by atomic mass is 32.1. The summed E-state index contributed by atoms with van der Waals surface area (Å²) in [6.45, 7) is 0. The first-order valence-corrected chi connectivity index (χ1v) is 16.8. The second kappa shape index (κ2) is 9.60. The molecule has 210 valence electrons. The first-order valence-electron chi connectivity index (χ1n) is 15.1. The Morgan fingerprint density at radius 2 is 1.00 bits per heavy atom. The average molecular weight is 609 g/mol. The molecule has 45 heavy (non-hydrogen) atoms. The van der Waals surface area contributed by atoms with Crippen LogP contribution in [0, 0.1) is 0 Å². The molecule has 0 atom stereocenters. The van der Waals surface area contributed by atoms with Crippen LogP contribution < -0.4 is 0 Å². The van der Waals surface area contributed by atoms with Crippen molar-refractivity contribution in [2.24, 2.45) is 0 Å². The Bertz CT molecular complexity index is 2710. The number of nitrogens with zero attached hydrogens (tertiary/aromatic N) is 2. The number of rotatable bonds is 3. The predicted molar refractivity (Wildman–Crippen MR) is 195 cm³/mol. The van der Waals surface area contributed by atoms with E-state index in [1.807, 2.05) is 0 Å². The molecule has 0 amide bonds. The molecular formula is C41H24N2S2. The van der Waals surface area contributed by atoms with Gasteiger partial charge in [-0.05, 0) is 92.0 Å². The second-order valence-corrected chi connectivity index (χ2v) is 13.7. The van der Waals surface area contributed by atoms with Gasteiger partial charge < -0.3 is 4.57 Å². The first-order chi connectivity index (χ1) is 22.3. The molecule has 0 unspecified atom stereocenters. The number of fused-ring (bicyclic) bond motifs is 10. The lowest BCUT2D eigenvalue weighted by Crippen LogP contribution is -1.89. The van der Waals surface area contributed by atoms with E-state index >= 15 is 0 Å². The molecule has 0 spiro atoms. The number of hydrogen-bond donors (Lipinski definition) is 0. The van der Waals surface area contributed by atoms with Gasteiger partial charge in [-0.3, -0.25) is 0 Å². The zero-order chi connectivity index (χ0) is 29.5. The van der Waals surface area contributed by atoms with Crippen LogP contribution in [-0.4, -0.2) is 9.55 Å². The average Bonchev–Trinajstić information content (AvgIpc) is 3.84. The van der Waals surface area contributed by atoms with E-state index in [1.165, 1.54) is 79.8 Å². The zero-order valence-corrected chi connectivity index (χ0v) is 25.7. The second-order valence-electron chi connectivity index (χ2n) is 11.6. The molecule has 0 saturated carbocycles. The minimum absolute atomic E-state index is 1.06. The number of hydrogen-bond acceptors (Lipinski definition) is 3. The van der Waals surface area contributed by atoms with Gasteiger partial charge in [-0.1, -0.05) is 97.1 Å². The van der Waals surface area contributed by atoms with Crippen molar-refractivity contribution < 1.29 is 0 Å². The maximum Gasteiger partial charge on any atom is 0.134 e. The maximum atomic E-state index is 4.92. The van der Waals surface area contributed by atoms with Crippen molar-refractivity contribution >= 4 is 87.0 Å². The third-order valence-corrected chi connectivity index (χ3v) is 11.3. The van der Waals surface area contributed by atoms with Crippen LogP contribution in [-0.2, 0) is 0 Å². The Labute approximate surface area is 267 Å². The molecule has 0 aliphatic carbocycles. The normalized spacial score (nSPS) is 12.0. The molecule has 0 radical (unpaired) electrons. The van der Waals surface area contributed by atoms with E-state index < -0.39 is 0 Å². The highest BCUT2D eigenvalue weighted by molar-refractivity contribution is 7.26. The molecule has 10 rings (SSSR count). The van der Waals surface area contributed by atoms with Crippen LogP contribution >= 0.6 is 22.7 Å². The Hall–Kier alpha value is -5.29. The summed E-state index contributed by atoms with van der Waals surface area (Å²) in [6, 6.07) is 53.1. The van der Waals surface area contributed by atoms with E-state index in [2.05, 4.69) is 150 Å². The first kappa shape index (κ1) is 25.1. The van der Waals surface area contributed by atoms with Crippen LogP contribution in [0.4, 0.5) is 0 Å². The van der Waals surface area contributed by atoms with E-state index in [9.17, 15) is 0 Å². The minimum atomic E-state index is 1.06. The fourth-order valence-electron chi connectivity index (χ4n) is 7.02. The van der Waals surface area contributed by atoms with Crippen molar-refractivity contribution in [2.75, 3.05) is 0 Å². The molecule has 4 heteroatoms. The molecule has 3 heterocycles. The van der Waals surface area contributed by atoms with Crippen molar-refractivity contribution in [1.82, 2.24) is 9.55 Å². The van der Waals surface area contributed by atoms with Crippen LogP contribution in [0.3, 0.4) is 0 Å². The number of para-hydroxylation sites is 2. The summed E-state index contributed by atoms with van der Waals surface area (Å²) in [6.07, 6.45) is 0. The highest BCUT2D eigenvalue weighted by Gasteiger charge is 2.17. The summed E-state index contributed by atoms with van der Waals surface area (Å²) in [5.74, 6) is 0. The standard InChI is InChI=1S/C41H24N2S2/c1-2-11-29-27(9-1)28-10-3-4-12-30(28)33-23-25(17-19-31(29)33)26-18-20-37-34(24-26)32-13-5-7-15-36(32)43(37)40-22-21-39(44-40)41-42-35-14-6-8-16-38(35)45-41/h1-24H. The lowest BCUT2D eigenvalue weighted by molar-refractivity contribution is 1.22. The van der Waals surface area contributed by atoms with E-state index in [1.54, 1.807) is 22.7 Å². The molecule has 0 aliphatic heterocycles. The monoisotopic (exact) mass is 608 g/mol. The van der Waals surface area contributed by atoms with E-state index in [-0.39, 0.29) is 0 Å². The van der Waals surface area contributed by atoms with Crippen molar-refractivity contribution in [3.05, 3.63) is 146 Å². The number of thiazole rings is 1. The third-order valence-electron chi connectivity index (χ3n) is 9.07. The van der Waals surface area contributed by atoms with Crippen LogP contribution in [0.5, 0.6) is 0 Å². The summed E-state index contributed by atoms with van der Waals surface area (Å²) in [5.41, 5.74) is 5.96. The highest BCUT2D eigenvalue weighted by Crippen LogP contribution is 2.41. The van der Waals surface area contributed by atoms with Gasteiger partial charge in [0.05, 0.1) is 26.1 Å². The van der Waals surface area contributed by atoms with Gasteiger partial charge in [-0.15, -0.1) is 22.7 Å². The Kier molecular flexibility index (Phi) is 5.35. The van der Waals surface area contributed by atoms with Gasteiger partial charge in [0.2, 0.25) is 0 Å². The van der Waals surface area contributed by atoms with Gasteiger partial charge in [0.1, 0.15) is 10.0 Å². The summed E-state index contributed by atoms with van der Waals surface area (Å²) >= 11 is 3.56. The largest absolute Gasteiger partial charge is 0.301 e. The fraction of sp³-hybridized carbons (Fsp3) is 0. The van der Waals surface area contributed by atoms with Gasteiger partial charge in [0.25, 0.3) is 0 Å². The Morgan fingerprint density at radius 1 is 0.422 bits per heavy atom. The molecule has 0 bridgehead atoms. The maximum absolute atomic E-state index is 4.92. The molecule has 2 nitrogen and oxygen atoms in total. The molecule has 3 aromatic heterocycles. The van der Waals surface area contributed by atoms with Crippen LogP contribution in [0.1, 0.15) is 0 Å². The quantitative estimate of drug-likeness (QED) is 0.182. The van der Waals surface area contributed by atoms with Crippen molar-refractivity contribution in [3.8, 4) is 26.0 Å². The Morgan fingerprint density at radius 3 is 1.76 bits per heavy atom. The van der Waals surface area contributed by atoms with Gasteiger partial charge >= 0.3 is 0 Å². The van der Waals surface area contributed by atoms with E-state index in [0.29, 0.717) is 0 Å².